The molecule has 1 aliphatic heterocycles. The third-order valence-electron chi connectivity index (χ3n) is 3.04. The Morgan fingerprint density at radius 2 is 2.28 bits per heavy atom. The van der Waals surface area contributed by atoms with Crippen molar-refractivity contribution in [1.29, 1.82) is 0 Å². The average Bonchev–Trinajstić information content (AvgIpc) is 2.26. The van der Waals surface area contributed by atoms with Gasteiger partial charge in [0.25, 0.3) is 0 Å². The summed E-state index contributed by atoms with van der Waals surface area (Å²) >= 11 is 3.50. The van der Waals surface area contributed by atoms with Crippen LogP contribution >= 0.6 is 15.9 Å². The Hall–Kier alpha value is -0.580. The Morgan fingerprint density at radius 1 is 1.50 bits per heavy atom. The highest BCUT2D eigenvalue weighted by molar-refractivity contribution is 9.09. The second-order valence-corrected chi connectivity index (χ2v) is 6.14. The molecule has 1 heterocycles. The molecule has 1 aromatic carbocycles. The smallest absolute Gasteiger partial charge is 0.115 e. The van der Waals surface area contributed by atoms with Crippen LogP contribution in [-0.2, 0) is 11.3 Å². The molecule has 1 atom stereocenters. The van der Waals surface area contributed by atoms with Gasteiger partial charge in [0.15, 0.2) is 0 Å². The number of nitrogens with zero attached hydrogens (tertiary/aromatic N) is 1. The molecular weight excluding hydrogens is 294 g/mol. The zero-order valence-corrected chi connectivity index (χ0v) is 12.5. The highest BCUT2D eigenvalue weighted by atomic mass is 79.9. The molecule has 1 N–H and O–H groups in total. The second kappa shape index (κ2) is 5.59. The van der Waals surface area contributed by atoms with Gasteiger partial charge >= 0.3 is 0 Å². The number of alkyl halides is 1. The predicted molar refractivity (Wildman–Crippen MR) is 76.1 cm³/mol. The summed E-state index contributed by atoms with van der Waals surface area (Å²) < 4.78 is 5.98. The maximum absolute atomic E-state index is 9.49. The summed E-state index contributed by atoms with van der Waals surface area (Å²) in [6, 6.07) is 7.46. The first-order chi connectivity index (χ1) is 8.48. The van der Waals surface area contributed by atoms with Crippen LogP contribution in [0.1, 0.15) is 19.4 Å². The van der Waals surface area contributed by atoms with E-state index in [1.807, 2.05) is 18.2 Å². The zero-order chi connectivity index (χ0) is 13.2. The van der Waals surface area contributed by atoms with Gasteiger partial charge in [0.2, 0.25) is 0 Å². The number of hydrogen-bond donors (Lipinski definition) is 1. The summed E-state index contributed by atoms with van der Waals surface area (Å²) in [5.74, 6) is 0.331. The zero-order valence-electron chi connectivity index (χ0n) is 10.9. The quantitative estimate of drug-likeness (QED) is 0.871. The van der Waals surface area contributed by atoms with E-state index in [0.717, 1.165) is 30.5 Å². The van der Waals surface area contributed by atoms with Crippen LogP contribution in [0.5, 0.6) is 5.75 Å². The molecule has 2 rings (SSSR count). The number of hydrogen-bond acceptors (Lipinski definition) is 3. The van der Waals surface area contributed by atoms with Crippen molar-refractivity contribution in [2.75, 3.05) is 18.4 Å². The van der Waals surface area contributed by atoms with Crippen LogP contribution in [0.4, 0.5) is 0 Å². The van der Waals surface area contributed by atoms with Crippen molar-refractivity contribution >= 4 is 15.9 Å². The van der Waals surface area contributed by atoms with E-state index in [-0.39, 0.29) is 11.7 Å². The lowest BCUT2D eigenvalue weighted by atomic mass is 10.0. The summed E-state index contributed by atoms with van der Waals surface area (Å²) in [6.45, 7) is 6.93. The first kappa shape index (κ1) is 13.8. The molecule has 18 heavy (non-hydrogen) atoms. The van der Waals surface area contributed by atoms with E-state index in [4.69, 9.17) is 4.74 Å². The van der Waals surface area contributed by atoms with Gasteiger partial charge in [-0.1, -0.05) is 28.1 Å². The first-order valence-electron chi connectivity index (χ1n) is 6.22. The number of aromatic hydroxyl groups is 1. The minimum absolute atomic E-state index is 0.118. The van der Waals surface area contributed by atoms with E-state index in [2.05, 4.69) is 34.7 Å². The van der Waals surface area contributed by atoms with Crippen LogP contribution in [0, 0.1) is 0 Å². The van der Waals surface area contributed by atoms with Crippen molar-refractivity contribution in [3.8, 4) is 5.75 Å². The Bertz CT molecular complexity index is 409. The van der Waals surface area contributed by atoms with Crippen molar-refractivity contribution in [3.63, 3.8) is 0 Å². The third kappa shape index (κ3) is 3.70. The maximum Gasteiger partial charge on any atom is 0.115 e. The molecule has 1 fully saturated rings. The minimum atomic E-state index is -0.118. The van der Waals surface area contributed by atoms with E-state index in [0.29, 0.717) is 5.75 Å². The second-order valence-electron chi connectivity index (χ2n) is 5.49. The number of rotatable bonds is 3. The number of phenols is 1. The molecule has 1 aromatic rings. The Labute approximate surface area is 117 Å². The van der Waals surface area contributed by atoms with Gasteiger partial charge in [-0.25, -0.2) is 0 Å². The van der Waals surface area contributed by atoms with Crippen LogP contribution in [-0.4, -0.2) is 40.1 Å². The monoisotopic (exact) mass is 313 g/mol. The van der Waals surface area contributed by atoms with Crippen LogP contribution in [0.3, 0.4) is 0 Å². The topological polar surface area (TPSA) is 32.7 Å². The number of halogens is 1. The third-order valence-corrected chi connectivity index (χ3v) is 3.76. The predicted octanol–water partition coefficient (Wildman–Crippen LogP) is 2.77. The van der Waals surface area contributed by atoms with Crippen LogP contribution in [0.25, 0.3) is 0 Å². The molecule has 0 spiro atoms. The molecule has 0 bridgehead atoms. The summed E-state index contributed by atoms with van der Waals surface area (Å²) in [5, 5.41) is 10.3. The van der Waals surface area contributed by atoms with Gasteiger partial charge in [-0.2, -0.15) is 0 Å². The number of morpholine rings is 1. The van der Waals surface area contributed by atoms with Gasteiger partial charge in [-0.15, -0.1) is 0 Å². The lowest BCUT2D eigenvalue weighted by Crippen LogP contribution is -2.52. The van der Waals surface area contributed by atoms with Crippen LogP contribution in [0.15, 0.2) is 24.3 Å². The van der Waals surface area contributed by atoms with Crippen molar-refractivity contribution < 1.29 is 9.84 Å². The molecule has 0 radical (unpaired) electrons. The van der Waals surface area contributed by atoms with E-state index >= 15 is 0 Å². The number of benzene rings is 1. The molecule has 3 nitrogen and oxygen atoms in total. The number of phenolic OH excluding ortho intramolecular Hbond substituents is 1. The standard InChI is InChI=1S/C14H20BrNO2/c1-14(2)10-16(9-13(7-15)18-14)8-11-4-3-5-12(17)6-11/h3-6,13,17H,7-10H2,1-2H3. The number of ether oxygens (including phenoxy) is 1. The summed E-state index contributed by atoms with van der Waals surface area (Å²) in [4.78, 5) is 2.38. The summed E-state index contributed by atoms with van der Waals surface area (Å²) in [7, 11) is 0. The van der Waals surface area contributed by atoms with Crippen molar-refractivity contribution in [3.05, 3.63) is 29.8 Å². The maximum atomic E-state index is 9.49. The van der Waals surface area contributed by atoms with Crippen molar-refractivity contribution in [1.82, 2.24) is 4.90 Å². The highest BCUT2D eigenvalue weighted by Crippen LogP contribution is 2.24. The average molecular weight is 314 g/mol. The van der Waals surface area contributed by atoms with Gasteiger partial charge < -0.3 is 9.84 Å². The minimum Gasteiger partial charge on any atom is -0.508 e. The van der Waals surface area contributed by atoms with Gasteiger partial charge in [0.05, 0.1) is 11.7 Å². The fourth-order valence-corrected chi connectivity index (χ4v) is 2.87. The molecule has 100 valence electrons. The lowest BCUT2D eigenvalue weighted by molar-refractivity contribution is -0.128. The van der Waals surface area contributed by atoms with E-state index in [1.165, 1.54) is 0 Å². The summed E-state index contributed by atoms with van der Waals surface area (Å²) in [5.41, 5.74) is 1.02. The molecule has 0 aliphatic carbocycles. The SMILES string of the molecule is CC1(C)CN(Cc2cccc(O)c2)CC(CBr)O1. The van der Waals surface area contributed by atoms with Gasteiger partial charge in [0, 0.05) is 25.0 Å². The molecule has 1 aliphatic rings. The lowest BCUT2D eigenvalue weighted by Gasteiger charge is -2.42. The Balaban J connectivity index is 2.04. The molecule has 0 amide bonds. The molecule has 4 heteroatoms. The molecule has 1 unspecified atom stereocenters. The van der Waals surface area contributed by atoms with Gasteiger partial charge in [-0.05, 0) is 31.5 Å². The van der Waals surface area contributed by atoms with Gasteiger partial charge in [-0.3, -0.25) is 4.90 Å². The molecule has 0 saturated carbocycles. The Kier molecular flexibility index (Phi) is 4.30. The van der Waals surface area contributed by atoms with Crippen molar-refractivity contribution in [2.24, 2.45) is 0 Å². The fourth-order valence-electron chi connectivity index (χ4n) is 2.53. The summed E-state index contributed by atoms with van der Waals surface area (Å²) in [6.07, 6.45) is 0.228. The first-order valence-corrected chi connectivity index (χ1v) is 7.35. The Morgan fingerprint density at radius 3 is 2.94 bits per heavy atom. The van der Waals surface area contributed by atoms with Crippen molar-refractivity contribution in [2.45, 2.75) is 32.1 Å². The van der Waals surface area contributed by atoms with Crippen LogP contribution in [0.2, 0.25) is 0 Å². The van der Waals surface area contributed by atoms with E-state index in [1.54, 1.807) is 6.07 Å². The normalized spacial score (nSPS) is 24.1. The molecule has 1 saturated heterocycles. The van der Waals surface area contributed by atoms with E-state index in [9.17, 15) is 5.11 Å². The largest absolute Gasteiger partial charge is 0.508 e. The van der Waals surface area contributed by atoms with Gasteiger partial charge in [0.1, 0.15) is 5.75 Å². The van der Waals surface area contributed by atoms with E-state index < -0.39 is 0 Å². The fraction of sp³-hybridized carbons (Fsp3) is 0.571. The molecular formula is C14H20BrNO2. The molecule has 0 aromatic heterocycles. The van der Waals surface area contributed by atoms with Crippen LogP contribution < -0.4 is 0 Å². The highest BCUT2D eigenvalue weighted by Gasteiger charge is 2.32.